The number of halogens is 2. The number of nitrogens with zero attached hydrogens (tertiary/aromatic N) is 6. The fourth-order valence-electron chi connectivity index (χ4n) is 10.8. The van der Waals surface area contributed by atoms with Crippen LogP contribution >= 0.6 is 31.9 Å². The number of hydrogen-bond donors (Lipinski definition) is 0. The largest absolute Gasteiger partial charge is 0.298 e. The van der Waals surface area contributed by atoms with Gasteiger partial charge in [0.25, 0.3) is 0 Å². The minimum absolute atomic E-state index is 0.492. The van der Waals surface area contributed by atoms with E-state index in [2.05, 4.69) is 61.3 Å². The first-order valence-electron chi connectivity index (χ1n) is 21.9. The lowest BCUT2D eigenvalue weighted by atomic mass is 9.93. The first-order valence-corrected chi connectivity index (χ1v) is 23.7. The second-order valence-corrected chi connectivity index (χ2v) is 19.3. The van der Waals surface area contributed by atoms with Crippen LogP contribution in [0.3, 0.4) is 0 Å². The van der Waals surface area contributed by atoms with Crippen molar-refractivity contribution in [3.63, 3.8) is 0 Å². The Balaban J connectivity index is 1.02. The molecule has 0 N–H and O–H groups in total. The van der Waals surface area contributed by atoms with E-state index in [0.717, 1.165) is 24.2 Å². The highest BCUT2D eigenvalue weighted by Crippen LogP contribution is 2.29. The molecule has 6 aliphatic rings. The predicted molar refractivity (Wildman–Crippen MR) is 216 cm³/mol. The van der Waals surface area contributed by atoms with E-state index < -0.39 is 0 Å². The van der Waals surface area contributed by atoms with Gasteiger partial charge in [-0.25, -0.2) is 0 Å². The fraction of sp³-hybridized carbons (Fsp3) is 1.00. The highest BCUT2D eigenvalue weighted by atomic mass is 79.9. The molecule has 4 saturated carbocycles. The third-order valence-electron chi connectivity index (χ3n) is 14.1. The average molecular weight is 813 g/mol. The van der Waals surface area contributed by atoms with Gasteiger partial charge in [-0.2, -0.15) is 0 Å². The molecule has 8 heteroatoms. The monoisotopic (exact) mass is 810 g/mol. The molecule has 6 fully saturated rings. The quantitative estimate of drug-likeness (QED) is 0.161. The second-order valence-electron chi connectivity index (χ2n) is 17.2. The summed E-state index contributed by atoms with van der Waals surface area (Å²) in [4.78, 5) is 18.4. The second kappa shape index (κ2) is 21.6. The topological polar surface area (TPSA) is 19.4 Å². The van der Waals surface area contributed by atoms with Crippen molar-refractivity contribution in [2.75, 3.05) is 78.5 Å². The molecule has 0 amide bonds. The summed E-state index contributed by atoms with van der Waals surface area (Å²) < 4.78 is 0. The molecule has 0 radical (unpaired) electrons. The van der Waals surface area contributed by atoms with Gasteiger partial charge in [0.15, 0.2) is 0 Å². The maximum Gasteiger partial charge on any atom is 0.0656 e. The van der Waals surface area contributed by atoms with Crippen molar-refractivity contribution in [1.82, 2.24) is 29.4 Å². The predicted octanol–water partition coefficient (Wildman–Crippen LogP) is 8.77. The molecular weight excluding hydrogens is 736 g/mol. The van der Waals surface area contributed by atoms with Crippen LogP contribution in [0.4, 0.5) is 0 Å². The maximum absolute atomic E-state index is 4.29. The van der Waals surface area contributed by atoms with E-state index in [-0.39, 0.29) is 0 Å². The minimum Gasteiger partial charge on any atom is -0.298 e. The normalized spacial score (nSPS) is 29.8. The lowest BCUT2D eigenvalue weighted by molar-refractivity contribution is 0.112. The highest BCUT2D eigenvalue weighted by molar-refractivity contribution is 9.09. The number of alkyl halides is 2. The molecule has 2 aliphatic heterocycles. The van der Waals surface area contributed by atoms with Gasteiger partial charge in [-0.05, 0) is 70.6 Å². The molecule has 0 aromatic carbocycles. The number of hydrogen-bond acceptors (Lipinski definition) is 6. The lowest BCUT2D eigenvalue weighted by Gasteiger charge is -2.37. The fourth-order valence-corrected chi connectivity index (χ4v) is 12.3. The van der Waals surface area contributed by atoms with Gasteiger partial charge in [0.05, 0.1) is 9.90 Å². The molecular formula is C41H76Br2N6. The summed E-state index contributed by atoms with van der Waals surface area (Å²) >= 11 is 8.57. The van der Waals surface area contributed by atoms with Crippen LogP contribution < -0.4 is 0 Å². The molecule has 0 spiro atoms. The Morgan fingerprint density at radius 1 is 0.327 bits per heavy atom. The molecule has 2 atom stereocenters. The van der Waals surface area contributed by atoms with Crippen molar-refractivity contribution in [2.45, 2.75) is 182 Å². The Labute approximate surface area is 320 Å². The Kier molecular flexibility index (Phi) is 17.3. The van der Waals surface area contributed by atoms with Crippen LogP contribution in [0.5, 0.6) is 0 Å². The molecule has 2 heterocycles. The summed E-state index contributed by atoms with van der Waals surface area (Å²) in [5.74, 6) is 0. The first-order chi connectivity index (χ1) is 24.1. The van der Waals surface area contributed by atoms with E-state index in [0.29, 0.717) is 9.90 Å². The van der Waals surface area contributed by atoms with Crippen LogP contribution in [0.2, 0.25) is 0 Å². The number of rotatable bonds is 10. The van der Waals surface area contributed by atoms with Gasteiger partial charge in [0.2, 0.25) is 0 Å². The third kappa shape index (κ3) is 12.4. The molecule has 49 heavy (non-hydrogen) atoms. The zero-order chi connectivity index (χ0) is 33.7. The van der Waals surface area contributed by atoms with Crippen molar-refractivity contribution in [3.05, 3.63) is 0 Å². The maximum atomic E-state index is 4.29. The van der Waals surface area contributed by atoms with Gasteiger partial charge in [-0.1, -0.05) is 109 Å². The molecule has 4 aliphatic carbocycles. The van der Waals surface area contributed by atoms with Gasteiger partial charge >= 0.3 is 0 Å². The molecule has 6 rings (SSSR count). The van der Waals surface area contributed by atoms with Gasteiger partial charge in [-0.15, -0.1) is 0 Å². The van der Waals surface area contributed by atoms with Crippen molar-refractivity contribution in [2.24, 2.45) is 0 Å². The molecule has 284 valence electrons. The first kappa shape index (κ1) is 39.4. The van der Waals surface area contributed by atoms with Crippen molar-refractivity contribution >= 4 is 31.9 Å². The minimum atomic E-state index is 0.492. The zero-order valence-electron chi connectivity index (χ0n) is 31.7. The summed E-state index contributed by atoms with van der Waals surface area (Å²) in [6.45, 7) is 15.1. The Morgan fingerprint density at radius 3 is 0.796 bits per heavy atom. The van der Waals surface area contributed by atoms with Gasteiger partial charge in [0.1, 0.15) is 0 Å². The SMILES string of the molecule is BrC(CCCC(Br)N1CCN(C2CCCCC2)CCN(C2CCCCC2)CC1)N1CCN(C2CCCCC2)CCN(C2CCCCC2)CC1. The van der Waals surface area contributed by atoms with E-state index >= 15 is 0 Å². The van der Waals surface area contributed by atoms with E-state index in [1.54, 1.807) is 0 Å². The third-order valence-corrected chi connectivity index (χ3v) is 16.2. The summed E-state index contributed by atoms with van der Waals surface area (Å²) in [5.41, 5.74) is 0. The van der Waals surface area contributed by atoms with Crippen LogP contribution in [0, 0.1) is 0 Å². The van der Waals surface area contributed by atoms with Crippen LogP contribution in [0.25, 0.3) is 0 Å². The van der Waals surface area contributed by atoms with E-state index in [1.165, 1.54) is 226 Å². The van der Waals surface area contributed by atoms with Crippen molar-refractivity contribution < 1.29 is 0 Å². The highest BCUT2D eigenvalue weighted by Gasteiger charge is 2.31. The van der Waals surface area contributed by atoms with Crippen LogP contribution in [0.15, 0.2) is 0 Å². The molecule has 2 unspecified atom stereocenters. The summed E-state index contributed by atoms with van der Waals surface area (Å²) in [6, 6.07) is 3.31. The summed E-state index contributed by atoms with van der Waals surface area (Å²) in [6.07, 6.45) is 32.6. The van der Waals surface area contributed by atoms with Gasteiger partial charge in [0, 0.05) is 103 Å². The van der Waals surface area contributed by atoms with Crippen molar-refractivity contribution in [3.8, 4) is 0 Å². The molecule has 6 nitrogen and oxygen atoms in total. The average Bonchev–Trinajstić information content (AvgIpc) is 3.35. The van der Waals surface area contributed by atoms with Crippen LogP contribution in [-0.4, -0.2) is 142 Å². The summed E-state index contributed by atoms with van der Waals surface area (Å²) in [7, 11) is 0. The van der Waals surface area contributed by atoms with Gasteiger partial charge < -0.3 is 0 Å². The standard InChI is InChI=1S/C41H76Br2N6/c42-40(48-32-28-44(36-14-5-1-6-15-36)24-25-45(29-33-48)37-16-7-2-8-17-37)22-13-23-41(43)49-34-30-46(38-18-9-3-10-19-38)26-27-47(31-35-49)39-20-11-4-12-21-39/h36-41H,1-35H2. The molecule has 0 aromatic heterocycles. The Bertz CT molecular complexity index is 757. The summed E-state index contributed by atoms with van der Waals surface area (Å²) in [5, 5.41) is 0. The van der Waals surface area contributed by atoms with E-state index in [9.17, 15) is 0 Å². The Morgan fingerprint density at radius 2 is 0.551 bits per heavy atom. The van der Waals surface area contributed by atoms with E-state index in [4.69, 9.17) is 0 Å². The lowest BCUT2D eigenvalue weighted by Crippen LogP contribution is -2.45. The van der Waals surface area contributed by atoms with Crippen molar-refractivity contribution in [1.29, 1.82) is 0 Å². The molecule has 0 bridgehead atoms. The zero-order valence-corrected chi connectivity index (χ0v) is 34.8. The van der Waals surface area contributed by atoms with E-state index in [1.807, 2.05) is 0 Å². The van der Waals surface area contributed by atoms with Crippen LogP contribution in [0.1, 0.15) is 148 Å². The van der Waals surface area contributed by atoms with Crippen LogP contribution in [-0.2, 0) is 0 Å². The smallest absolute Gasteiger partial charge is 0.0656 e. The Hall–Kier alpha value is 0.720. The van der Waals surface area contributed by atoms with Gasteiger partial charge in [-0.3, -0.25) is 29.4 Å². The molecule has 0 aromatic rings. The molecule has 2 saturated heterocycles.